The fraction of sp³-hybridized carbons (Fsp3) is 0.444. The Morgan fingerprint density at radius 3 is 2.77 bits per heavy atom. The highest BCUT2D eigenvalue weighted by Gasteiger charge is 2.11. The lowest BCUT2D eigenvalue weighted by molar-refractivity contribution is 0.0378. The van der Waals surface area contributed by atoms with E-state index in [1.165, 1.54) is 6.33 Å². The normalized spacial score (nSPS) is 15.0. The van der Waals surface area contributed by atoms with Crippen LogP contribution in [0.4, 0.5) is 23.0 Å². The van der Waals surface area contributed by atoms with Gasteiger partial charge in [0.2, 0.25) is 0 Å². The molecule has 1 fully saturated rings. The molecule has 2 heterocycles. The number of ether oxygens (including phenoxy) is 1. The Kier molecular flexibility index (Phi) is 6.49. The number of benzene rings is 1. The van der Waals surface area contributed by atoms with Gasteiger partial charge in [-0.25, -0.2) is 9.97 Å². The summed E-state index contributed by atoms with van der Waals surface area (Å²) in [7, 11) is 0. The van der Waals surface area contributed by atoms with E-state index in [9.17, 15) is 0 Å². The van der Waals surface area contributed by atoms with Crippen molar-refractivity contribution >= 4 is 34.6 Å². The molecule has 0 aliphatic carbocycles. The van der Waals surface area contributed by atoms with Gasteiger partial charge in [0.1, 0.15) is 12.0 Å². The molecule has 1 aromatic heterocycles. The molecule has 2 aromatic rings. The lowest BCUT2D eigenvalue weighted by atomic mass is 10.2. The van der Waals surface area contributed by atoms with Crippen LogP contribution in [0.1, 0.15) is 12.0 Å². The molecule has 1 aromatic carbocycles. The van der Waals surface area contributed by atoms with Crippen molar-refractivity contribution in [3.05, 3.63) is 35.1 Å². The van der Waals surface area contributed by atoms with Gasteiger partial charge in [0.05, 0.1) is 13.2 Å². The zero-order valence-electron chi connectivity index (χ0n) is 15.0. The first kappa shape index (κ1) is 18.7. The van der Waals surface area contributed by atoms with Crippen LogP contribution in [0.5, 0.6) is 0 Å². The second-order valence-electron chi connectivity index (χ2n) is 6.30. The van der Waals surface area contributed by atoms with Crippen molar-refractivity contribution in [1.82, 2.24) is 14.9 Å². The Morgan fingerprint density at radius 2 is 2.00 bits per heavy atom. The van der Waals surface area contributed by atoms with Gasteiger partial charge in [0.15, 0.2) is 11.6 Å². The number of anilines is 4. The third kappa shape index (κ3) is 4.97. The number of nitrogen functional groups attached to an aromatic ring is 1. The molecule has 0 unspecified atom stereocenters. The fourth-order valence-corrected chi connectivity index (χ4v) is 3.09. The molecule has 0 saturated carbocycles. The van der Waals surface area contributed by atoms with E-state index in [0.717, 1.165) is 57.1 Å². The first-order valence-electron chi connectivity index (χ1n) is 8.81. The standard InChI is InChI=1S/C18H25ClN6O/c1-13-11-14(19)3-4-15(13)24-18-16(20)17(22-12-23-18)21-5-2-6-25-7-9-26-10-8-25/h3-4,11-12H,2,5-10,20H2,1H3,(H2,21,22,23,24). The highest BCUT2D eigenvalue weighted by atomic mass is 35.5. The van der Waals surface area contributed by atoms with Crippen molar-refractivity contribution in [3.8, 4) is 0 Å². The van der Waals surface area contributed by atoms with Gasteiger partial charge in [-0.15, -0.1) is 0 Å². The minimum absolute atomic E-state index is 0.508. The summed E-state index contributed by atoms with van der Waals surface area (Å²) >= 11 is 6.00. The fourth-order valence-electron chi connectivity index (χ4n) is 2.87. The third-order valence-electron chi connectivity index (χ3n) is 4.37. The second kappa shape index (κ2) is 9.02. The summed E-state index contributed by atoms with van der Waals surface area (Å²) < 4.78 is 5.36. The minimum atomic E-state index is 0.508. The van der Waals surface area contributed by atoms with E-state index in [4.69, 9.17) is 22.1 Å². The van der Waals surface area contributed by atoms with Gasteiger partial charge < -0.3 is 21.1 Å². The van der Waals surface area contributed by atoms with E-state index >= 15 is 0 Å². The van der Waals surface area contributed by atoms with E-state index in [1.54, 1.807) is 0 Å². The lowest BCUT2D eigenvalue weighted by Crippen LogP contribution is -2.37. The zero-order chi connectivity index (χ0) is 18.4. The quantitative estimate of drug-likeness (QED) is 0.640. The average molecular weight is 377 g/mol. The number of nitrogens with zero attached hydrogens (tertiary/aromatic N) is 3. The van der Waals surface area contributed by atoms with Crippen LogP contribution < -0.4 is 16.4 Å². The SMILES string of the molecule is Cc1cc(Cl)ccc1Nc1ncnc(NCCCN2CCOCC2)c1N. The molecular weight excluding hydrogens is 352 g/mol. The molecule has 0 amide bonds. The van der Waals surface area contributed by atoms with Crippen LogP contribution in [0.3, 0.4) is 0 Å². The molecule has 3 rings (SSSR count). The summed E-state index contributed by atoms with van der Waals surface area (Å²) in [6.45, 7) is 7.48. The van der Waals surface area contributed by atoms with Gasteiger partial charge in [-0.2, -0.15) is 0 Å². The van der Waals surface area contributed by atoms with Crippen molar-refractivity contribution in [1.29, 1.82) is 0 Å². The summed E-state index contributed by atoms with van der Waals surface area (Å²) in [4.78, 5) is 10.9. The molecule has 1 aliphatic rings. The number of morpholine rings is 1. The third-order valence-corrected chi connectivity index (χ3v) is 4.61. The Hall–Kier alpha value is -2.09. The molecule has 8 heteroatoms. The highest BCUT2D eigenvalue weighted by molar-refractivity contribution is 6.30. The van der Waals surface area contributed by atoms with Crippen molar-refractivity contribution < 1.29 is 4.74 Å². The van der Waals surface area contributed by atoms with Crippen LogP contribution in [0.25, 0.3) is 0 Å². The minimum Gasteiger partial charge on any atom is -0.393 e. The Bertz CT molecular complexity index is 736. The molecule has 0 bridgehead atoms. The summed E-state index contributed by atoms with van der Waals surface area (Å²) in [5.74, 6) is 1.23. The van der Waals surface area contributed by atoms with E-state index in [2.05, 4.69) is 25.5 Å². The van der Waals surface area contributed by atoms with Crippen LogP contribution in [0, 0.1) is 6.92 Å². The van der Waals surface area contributed by atoms with Crippen LogP contribution in [-0.2, 0) is 4.74 Å². The Labute approximate surface area is 158 Å². The summed E-state index contributed by atoms with van der Waals surface area (Å²) in [6.07, 6.45) is 2.52. The van der Waals surface area contributed by atoms with Crippen LogP contribution >= 0.6 is 11.6 Å². The number of hydrogen-bond donors (Lipinski definition) is 3. The van der Waals surface area contributed by atoms with Gasteiger partial charge in [0, 0.05) is 30.3 Å². The van der Waals surface area contributed by atoms with Crippen molar-refractivity contribution in [2.24, 2.45) is 0 Å². The van der Waals surface area contributed by atoms with Crippen LogP contribution in [0.15, 0.2) is 24.5 Å². The van der Waals surface area contributed by atoms with Gasteiger partial charge in [-0.3, -0.25) is 4.90 Å². The molecule has 1 saturated heterocycles. The molecule has 0 radical (unpaired) electrons. The van der Waals surface area contributed by atoms with Gasteiger partial charge >= 0.3 is 0 Å². The lowest BCUT2D eigenvalue weighted by Gasteiger charge is -2.26. The molecule has 1 aliphatic heterocycles. The average Bonchev–Trinajstić information content (AvgIpc) is 2.64. The first-order chi connectivity index (χ1) is 12.6. The maximum Gasteiger partial charge on any atom is 0.159 e. The highest BCUT2D eigenvalue weighted by Crippen LogP contribution is 2.28. The number of halogens is 1. The number of nitrogens with two attached hydrogens (primary N) is 1. The van der Waals surface area contributed by atoms with Crippen molar-refractivity contribution in [2.75, 3.05) is 55.8 Å². The molecule has 4 N–H and O–H groups in total. The summed E-state index contributed by atoms with van der Waals surface area (Å²) in [6, 6.07) is 5.64. The molecule has 7 nitrogen and oxygen atoms in total. The number of aryl methyl sites for hydroxylation is 1. The Balaban J connectivity index is 1.56. The van der Waals surface area contributed by atoms with Crippen LogP contribution in [0.2, 0.25) is 5.02 Å². The van der Waals surface area contributed by atoms with E-state index in [0.29, 0.717) is 22.3 Å². The van der Waals surface area contributed by atoms with Gasteiger partial charge in [-0.1, -0.05) is 11.6 Å². The Morgan fingerprint density at radius 1 is 1.23 bits per heavy atom. The van der Waals surface area contributed by atoms with Gasteiger partial charge in [-0.05, 0) is 43.7 Å². The molecule has 0 atom stereocenters. The smallest absolute Gasteiger partial charge is 0.159 e. The molecule has 26 heavy (non-hydrogen) atoms. The predicted octanol–water partition coefficient (Wildman–Crippen LogP) is 2.90. The molecule has 140 valence electrons. The number of rotatable bonds is 7. The van der Waals surface area contributed by atoms with E-state index in [1.807, 2.05) is 25.1 Å². The molecular formula is C18H25ClN6O. The largest absolute Gasteiger partial charge is 0.393 e. The van der Waals surface area contributed by atoms with Gasteiger partial charge in [0.25, 0.3) is 0 Å². The van der Waals surface area contributed by atoms with Crippen molar-refractivity contribution in [2.45, 2.75) is 13.3 Å². The van der Waals surface area contributed by atoms with Crippen LogP contribution in [-0.4, -0.2) is 54.3 Å². The maximum absolute atomic E-state index is 6.23. The van der Waals surface area contributed by atoms with E-state index < -0.39 is 0 Å². The number of nitrogens with one attached hydrogen (secondary N) is 2. The monoisotopic (exact) mass is 376 g/mol. The number of hydrogen-bond acceptors (Lipinski definition) is 7. The predicted molar refractivity (Wildman–Crippen MR) is 106 cm³/mol. The maximum atomic E-state index is 6.23. The topological polar surface area (TPSA) is 88.3 Å². The zero-order valence-corrected chi connectivity index (χ0v) is 15.7. The van der Waals surface area contributed by atoms with Crippen molar-refractivity contribution in [3.63, 3.8) is 0 Å². The molecule has 0 spiro atoms. The number of aromatic nitrogens is 2. The van der Waals surface area contributed by atoms with E-state index in [-0.39, 0.29) is 0 Å². The second-order valence-corrected chi connectivity index (χ2v) is 6.74. The summed E-state index contributed by atoms with van der Waals surface area (Å²) in [5.41, 5.74) is 8.68. The first-order valence-corrected chi connectivity index (χ1v) is 9.19. The summed E-state index contributed by atoms with van der Waals surface area (Å²) in [5, 5.41) is 7.26.